The molecule has 184 valence electrons. The van der Waals surface area contributed by atoms with Gasteiger partial charge in [0, 0.05) is 11.6 Å². The highest BCUT2D eigenvalue weighted by Crippen LogP contribution is 2.34. The van der Waals surface area contributed by atoms with Crippen molar-refractivity contribution in [1.29, 1.82) is 0 Å². The Morgan fingerprint density at radius 2 is 1.83 bits per heavy atom. The molecule has 3 aromatic rings. The van der Waals surface area contributed by atoms with Gasteiger partial charge in [0.15, 0.2) is 34.7 Å². The molecule has 0 fully saturated rings. The SMILES string of the molecule is CCOc1cc(-c2cc(Cn3cc4nc(-c5cccc(F)c5F)nc-4cn3)on2)ccc1OC(F)F. The average Bonchev–Trinajstić information content (AvgIpc) is 3.49. The summed E-state index contributed by atoms with van der Waals surface area (Å²) in [4.78, 5) is 8.52. The summed E-state index contributed by atoms with van der Waals surface area (Å²) in [6, 6.07) is 9.93. The lowest BCUT2D eigenvalue weighted by Crippen LogP contribution is -2.05. The van der Waals surface area contributed by atoms with Crippen LogP contribution < -0.4 is 9.47 Å². The molecule has 0 saturated heterocycles. The third-order valence-electron chi connectivity index (χ3n) is 5.14. The maximum absolute atomic E-state index is 14.1. The summed E-state index contributed by atoms with van der Waals surface area (Å²) in [6.07, 6.45) is 3.05. The molecule has 1 aromatic heterocycles. The van der Waals surface area contributed by atoms with E-state index in [1.54, 1.807) is 25.3 Å². The summed E-state index contributed by atoms with van der Waals surface area (Å²) in [5.41, 5.74) is 1.83. The lowest BCUT2D eigenvalue weighted by atomic mass is 10.1. The molecule has 0 radical (unpaired) electrons. The molecule has 5 rings (SSSR count). The van der Waals surface area contributed by atoms with E-state index in [9.17, 15) is 17.6 Å². The number of rotatable bonds is 8. The van der Waals surface area contributed by atoms with Crippen LogP contribution in [0.4, 0.5) is 17.6 Å². The molecular weight excluding hydrogens is 482 g/mol. The summed E-state index contributed by atoms with van der Waals surface area (Å²) in [6.45, 7) is -0.810. The Bertz CT molecular complexity index is 1490. The van der Waals surface area contributed by atoms with E-state index in [1.165, 1.54) is 35.1 Å². The monoisotopic (exact) mass is 499 g/mol. The van der Waals surface area contributed by atoms with Gasteiger partial charge in [0.1, 0.15) is 23.6 Å². The molecule has 0 spiro atoms. The zero-order valence-corrected chi connectivity index (χ0v) is 18.7. The van der Waals surface area contributed by atoms with Gasteiger partial charge in [-0.15, -0.1) is 0 Å². The zero-order valence-electron chi connectivity index (χ0n) is 18.7. The summed E-state index contributed by atoms with van der Waals surface area (Å²) >= 11 is 0. The van der Waals surface area contributed by atoms with Crippen molar-refractivity contribution in [3.8, 4) is 45.5 Å². The van der Waals surface area contributed by atoms with Crippen molar-refractivity contribution in [1.82, 2.24) is 24.9 Å². The van der Waals surface area contributed by atoms with Crippen LogP contribution in [0.5, 0.6) is 11.5 Å². The van der Waals surface area contributed by atoms with Crippen LogP contribution in [0, 0.1) is 11.6 Å². The minimum absolute atomic E-state index is 0.0472. The summed E-state index contributed by atoms with van der Waals surface area (Å²) in [5.74, 6) is -1.44. The fourth-order valence-electron chi connectivity index (χ4n) is 3.56. The van der Waals surface area contributed by atoms with Crippen LogP contribution in [-0.4, -0.2) is 38.1 Å². The molecule has 0 saturated carbocycles. The van der Waals surface area contributed by atoms with Crippen molar-refractivity contribution in [3.05, 3.63) is 72.3 Å². The molecule has 8 nitrogen and oxygen atoms in total. The van der Waals surface area contributed by atoms with Crippen LogP contribution in [0.25, 0.3) is 34.0 Å². The summed E-state index contributed by atoms with van der Waals surface area (Å²) < 4.78 is 69.8. The second-order valence-electron chi connectivity index (χ2n) is 7.54. The Hall–Kier alpha value is -4.48. The molecule has 2 aliphatic rings. The van der Waals surface area contributed by atoms with E-state index in [4.69, 9.17) is 9.26 Å². The van der Waals surface area contributed by atoms with E-state index < -0.39 is 18.2 Å². The Morgan fingerprint density at radius 1 is 1.00 bits per heavy atom. The molecule has 36 heavy (non-hydrogen) atoms. The molecule has 2 aromatic carbocycles. The lowest BCUT2D eigenvalue weighted by molar-refractivity contribution is -0.0514. The molecule has 3 heterocycles. The van der Waals surface area contributed by atoms with Crippen molar-refractivity contribution in [2.24, 2.45) is 0 Å². The van der Waals surface area contributed by atoms with E-state index in [-0.39, 0.29) is 36.0 Å². The van der Waals surface area contributed by atoms with E-state index >= 15 is 0 Å². The van der Waals surface area contributed by atoms with Crippen LogP contribution >= 0.6 is 0 Å². The van der Waals surface area contributed by atoms with E-state index in [0.717, 1.165) is 6.07 Å². The van der Waals surface area contributed by atoms with Crippen LogP contribution in [0.1, 0.15) is 12.7 Å². The number of fused-ring (bicyclic) bond motifs is 1. The Labute approximate surface area is 201 Å². The molecule has 12 heteroatoms. The molecule has 0 amide bonds. The quantitative estimate of drug-likeness (QED) is 0.263. The van der Waals surface area contributed by atoms with Gasteiger partial charge in [-0.2, -0.15) is 13.9 Å². The number of halogens is 4. The Kier molecular flexibility index (Phi) is 6.23. The van der Waals surface area contributed by atoms with Crippen molar-refractivity contribution >= 4 is 0 Å². The van der Waals surface area contributed by atoms with Gasteiger partial charge in [-0.05, 0) is 37.3 Å². The number of aromatic nitrogens is 5. The zero-order chi connectivity index (χ0) is 25.2. The van der Waals surface area contributed by atoms with Gasteiger partial charge in [0.25, 0.3) is 0 Å². The van der Waals surface area contributed by atoms with Gasteiger partial charge < -0.3 is 14.0 Å². The number of hydrogen-bond acceptors (Lipinski definition) is 7. The van der Waals surface area contributed by atoms with Gasteiger partial charge in [0.2, 0.25) is 0 Å². The van der Waals surface area contributed by atoms with Gasteiger partial charge in [-0.1, -0.05) is 11.2 Å². The van der Waals surface area contributed by atoms with Crippen molar-refractivity contribution in [2.45, 2.75) is 20.1 Å². The first-order valence-corrected chi connectivity index (χ1v) is 10.7. The third-order valence-corrected chi connectivity index (χ3v) is 5.14. The number of alkyl halides is 2. The maximum atomic E-state index is 14.1. The summed E-state index contributed by atoms with van der Waals surface area (Å²) in [5, 5.41) is 8.29. The maximum Gasteiger partial charge on any atom is 0.387 e. The Balaban J connectivity index is 1.37. The predicted molar refractivity (Wildman–Crippen MR) is 119 cm³/mol. The fraction of sp³-hybridized carbons (Fsp3) is 0.167. The van der Waals surface area contributed by atoms with E-state index in [2.05, 4.69) is 25.0 Å². The Morgan fingerprint density at radius 3 is 2.64 bits per heavy atom. The molecule has 2 aliphatic heterocycles. The molecular formula is C24H17F4N5O3. The highest BCUT2D eigenvalue weighted by atomic mass is 19.3. The number of ether oxygens (including phenoxy) is 2. The van der Waals surface area contributed by atoms with Crippen molar-refractivity contribution in [2.75, 3.05) is 6.61 Å². The van der Waals surface area contributed by atoms with Crippen molar-refractivity contribution in [3.63, 3.8) is 0 Å². The lowest BCUT2D eigenvalue weighted by Gasteiger charge is -2.11. The number of imidazole rings is 1. The summed E-state index contributed by atoms with van der Waals surface area (Å²) in [7, 11) is 0. The van der Waals surface area contributed by atoms with Crippen LogP contribution in [0.3, 0.4) is 0 Å². The van der Waals surface area contributed by atoms with Gasteiger partial charge in [0.05, 0.1) is 24.6 Å². The fourth-order valence-corrected chi connectivity index (χ4v) is 3.56. The minimum atomic E-state index is -2.98. The first kappa shape index (κ1) is 23.3. The second-order valence-corrected chi connectivity index (χ2v) is 7.54. The molecule has 0 unspecified atom stereocenters. The smallest absolute Gasteiger partial charge is 0.387 e. The van der Waals surface area contributed by atoms with Gasteiger partial charge in [-0.3, -0.25) is 4.68 Å². The van der Waals surface area contributed by atoms with Crippen LogP contribution in [0.15, 0.2) is 59.4 Å². The van der Waals surface area contributed by atoms with Crippen LogP contribution in [-0.2, 0) is 6.54 Å². The van der Waals surface area contributed by atoms with Gasteiger partial charge >= 0.3 is 6.61 Å². The minimum Gasteiger partial charge on any atom is -0.490 e. The van der Waals surface area contributed by atoms with Crippen molar-refractivity contribution < 1.29 is 31.6 Å². The first-order valence-electron chi connectivity index (χ1n) is 10.7. The number of benzene rings is 2. The van der Waals surface area contributed by atoms with E-state index in [1.807, 2.05) is 0 Å². The first-order chi connectivity index (χ1) is 17.4. The predicted octanol–water partition coefficient (Wildman–Crippen LogP) is 5.43. The third kappa shape index (κ3) is 4.69. The van der Waals surface area contributed by atoms with Gasteiger partial charge in [-0.25, -0.2) is 18.7 Å². The van der Waals surface area contributed by atoms with Crippen LogP contribution in [0.2, 0.25) is 0 Å². The number of nitrogens with zero attached hydrogens (tertiary/aromatic N) is 5. The standard InChI is InChI=1S/C24H17F4N5O3/c1-2-34-21-8-13(6-7-20(21)35-24(27)28)17-9-14(36-32-17)11-33-12-19-18(10-29-33)30-23(31-19)15-4-3-5-16(25)22(15)26/h3-10,12,24H,2,11H2,1H3. The molecule has 0 atom stereocenters. The molecule has 0 aliphatic carbocycles. The largest absolute Gasteiger partial charge is 0.490 e. The average molecular weight is 499 g/mol. The normalized spacial score (nSPS) is 11.4. The highest BCUT2D eigenvalue weighted by molar-refractivity contribution is 5.66. The van der Waals surface area contributed by atoms with E-state index in [0.29, 0.717) is 28.4 Å². The highest BCUT2D eigenvalue weighted by Gasteiger charge is 2.19. The number of hydrogen-bond donors (Lipinski definition) is 0. The molecule has 0 N–H and O–H groups in total. The topological polar surface area (TPSA) is 88.1 Å². The molecule has 0 bridgehead atoms. The second kappa shape index (κ2) is 9.64.